The second-order valence-electron chi connectivity index (χ2n) is 4.94. The van der Waals surface area contributed by atoms with E-state index >= 15 is 0 Å². The Balaban J connectivity index is 2.07. The number of aromatic nitrogens is 3. The van der Waals surface area contributed by atoms with Crippen molar-refractivity contribution in [1.29, 1.82) is 0 Å². The molecule has 0 saturated heterocycles. The molecule has 0 unspecified atom stereocenters. The van der Waals surface area contributed by atoms with Crippen molar-refractivity contribution in [2.24, 2.45) is 5.73 Å². The van der Waals surface area contributed by atoms with Crippen molar-refractivity contribution in [3.63, 3.8) is 0 Å². The van der Waals surface area contributed by atoms with Gasteiger partial charge in [-0.05, 0) is 35.9 Å². The highest BCUT2D eigenvalue weighted by molar-refractivity contribution is 5.32. The zero-order valence-corrected chi connectivity index (χ0v) is 11.6. The van der Waals surface area contributed by atoms with Crippen molar-refractivity contribution in [2.75, 3.05) is 0 Å². The lowest BCUT2D eigenvalue weighted by Gasteiger charge is -2.28. The highest BCUT2D eigenvalue weighted by Crippen LogP contribution is 2.27. The van der Waals surface area contributed by atoms with Crippen molar-refractivity contribution < 1.29 is 0 Å². The summed E-state index contributed by atoms with van der Waals surface area (Å²) in [4.78, 5) is 13.0. The van der Waals surface area contributed by atoms with Gasteiger partial charge in [0.1, 0.15) is 5.54 Å². The van der Waals surface area contributed by atoms with Crippen molar-refractivity contribution in [1.82, 2.24) is 15.0 Å². The number of pyridine rings is 3. The number of nitrogens with two attached hydrogens (primary N) is 1. The van der Waals surface area contributed by atoms with Gasteiger partial charge in [-0.3, -0.25) is 15.0 Å². The van der Waals surface area contributed by atoms with Crippen LogP contribution in [-0.4, -0.2) is 15.0 Å². The Kier molecular flexibility index (Phi) is 3.71. The maximum absolute atomic E-state index is 6.72. The van der Waals surface area contributed by atoms with E-state index in [1.165, 1.54) is 0 Å². The van der Waals surface area contributed by atoms with E-state index in [0.717, 1.165) is 17.0 Å². The van der Waals surface area contributed by atoms with Crippen molar-refractivity contribution in [2.45, 2.75) is 12.0 Å². The zero-order valence-electron chi connectivity index (χ0n) is 11.6. The van der Waals surface area contributed by atoms with Gasteiger partial charge in [-0.1, -0.05) is 18.2 Å². The Morgan fingerprint density at radius 3 is 1.95 bits per heavy atom. The number of hydrogen-bond donors (Lipinski definition) is 1. The summed E-state index contributed by atoms with van der Waals surface area (Å²) in [5.74, 6) is 0. The summed E-state index contributed by atoms with van der Waals surface area (Å²) < 4.78 is 0. The van der Waals surface area contributed by atoms with Gasteiger partial charge in [0, 0.05) is 31.2 Å². The third kappa shape index (κ3) is 2.80. The van der Waals surface area contributed by atoms with Crippen LogP contribution in [0.15, 0.2) is 73.3 Å². The smallest absolute Gasteiger partial charge is 0.105 e. The van der Waals surface area contributed by atoms with Crippen LogP contribution in [0.5, 0.6) is 0 Å². The van der Waals surface area contributed by atoms with E-state index in [9.17, 15) is 0 Å². The van der Waals surface area contributed by atoms with Gasteiger partial charge in [0.15, 0.2) is 0 Å². The molecule has 3 aromatic rings. The Labute approximate surface area is 123 Å². The van der Waals surface area contributed by atoms with Crippen LogP contribution in [0.4, 0.5) is 0 Å². The van der Waals surface area contributed by atoms with E-state index in [1.807, 2.05) is 54.7 Å². The topological polar surface area (TPSA) is 64.7 Å². The molecule has 3 aromatic heterocycles. The van der Waals surface area contributed by atoms with E-state index in [0.29, 0.717) is 6.42 Å². The first kappa shape index (κ1) is 13.4. The molecule has 0 amide bonds. The molecule has 0 saturated carbocycles. The van der Waals surface area contributed by atoms with E-state index in [2.05, 4.69) is 15.0 Å². The standard InChI is InChI=1S/C17H16N4/c18-17(15-7-1-3-10-20-15,16-8-2-4-11-21-16)12-14-6-5-9-19-13-14/h1-11,13H,12,18H2. The molecule has 2 N–H and O–H groups in total. The van der Waals surface area contributed by atoms with Gasteiger partial charge in [-0.25, -0.2) is 0 Å². The Morgan fingerprint density at radius 2 is 1.48 bits per heavy atom. The minimum atomic E-state index is -0.772. The SMILES string of the molecule is NC(Cc1cccnc1)(c1ccccn1)c1ccccn1. The molecule has 0 aliphatic rings. The lowest BCUT2D eigenvalue weighted by Crippen LogP contribution is -2.42. The molecule has 4 nitrogen and oxygen atoms in total. The second-order valence-corrected chi connectivity index (χ2v) is 4.94. The summed E-state index contributed by atoms with van der Waals surface area (Å²) in [6, 6.07) is 15.4. The number of hydrogen-bond acceptors (Lipinski definition) is 4. The van der Waals surface area contributed by atoms with Gasteiger partial charge in [0.25, 0.3) is 0 Å². The van der Waals surface area contributed by atoms with Crippen LogP contribution in [0, 0.1) is 0 Å². The maximum atomic E-state index is 6.72. The first-order chi connectivity index (χ1) is 10.3. The van der Waals surface area contributed by atoms with Crippen LogP contribution < -0.4 is 5.73 Å². The van der Waals surface area contributed by atoms with E-state index < -0.39 is 5.54 Å². The van der Waals surface area contributed by atoms with Crippen LogP contribution in [0.3, 0.4) is 0 Å². The fourth-order valence-corrected chi connectivity index (χ4v) is 2.39. The predicted molar refractivity (Wildman–Crippen MR) is 81.4 cm³/mol. The zero-order chi connectivity index (χ0) is 14.5. The normalized spacial score (nSPS) is 11.3. The Hall–Kier alpha value is -2.59. The third-order valence-electron chi connectivity index (χ3n) is 3.45. The molecule has 0 bridgehead atoms. The summed E-state index contributed by atoms with van der Waals surface area (Å²) in [7, 11) is 0. The summed E-state index contributed by atoms with van der Waals surface area (Å²) >= 11 is 0. The third-order valence-corrected chi connectivity index (χ3v) is 3.45. The summed E-state index contributed by atoms with van der Waals surface area (Å²) in [6.07, 6.45) is 7.68. The van der Waals surface area contributed by atoms with Gasteiger partial charge in [0.2, 0.25) is 0 Å². The van der Waals surface area contributed by atoms with Crippen LogP contribution in [-0.2, 0) is 12.0 Å². The van der Waals surface area contributed by atoms with Gasteiger partial charge < -0.3 is 5.73 Å². The first-order valence-corrected chi connectivity index (χ1v) is 6.80. The molecule has 0 radical (unpaired) electrons. The maximum Gasteiger partial charge on any atom is 0.105 e. The molecular weight excluding hydrogens is 260 g/mol. The number of rotatable bonds is 4. The largest absolute Gasteiger partial charge is 0.315 e. The molecule has 21 heavy (non-hydrogen) atoms. The molecule has 4 heteroatoms. The number of nitrogens with zero attached hydrogens (tertiary/aromatic N) is 3. The summed E-state index contributed by atoms with van der Waals surface area (Å²) in [5.41, 5.74) is 8.60. The molecule has 0 aromatic carbocycles. The van der Waals surface area contributed by atoms with Crippen molar-refractivity contribution in [3.8, 4) is 0 Å². The van der Waals surface area contributed by atoms with Gasteiger partial charge in [-0.2, -0.15) is 0 Å². The fraction of sp³-hybridized carbons (Fsp3) is 0.118. The average Bonchev–Trinajstić information content (AvgIpc) is 2.57. The molecule has 0 fully saturated rings. The Morgan fingerprint density at radius 1 is 0.810 bits per heavy atom. The van der Waals surface area contributed by atoms with Gasteiger partial charge in [-0.15, -0.1) is 0 Å². The lowest BCUT2D eigenvalue weighted by molar-refractivity contribution is 0.501. The van der Waals surface area contributed by atoms with Crippen molar-refractivity contribution in [3.05, 3.63) is 90.3 Å². The highest BCUT2D eigenvalue weighted by Gasteiger charge is 2.32. The van der Waals surface area contributed by atoms with Gasteiger partial charge >= 0.3 is 0 Å². The van der Waals surface area contributed by atoms with E-state index in [-0.39, 0.29) is 0 Å². The van der Waals surface area contributed by atoms with Crippen LogP contribution >= 0.6 is 0 Å². The monoisotopic (exact) mass is 276 g/mol. The first-order valence-electron chi connectivity index (χ1n) is 6.80. The highest BCUT2D eigenvalue weighted by atomic mass is 14.9. The average molecular weight is 276 g/mol. The second kappa shape index (κ2) is 5.81. The molecule has 0 spiro atoms. The van der Waals surface area contributed by atoms with E-state index in [1.54, 1.807) is 18.6 Å². The summed E-state index contributed by atoms with van der Waals surface area (Å²) in [5, 5.41) is 0. The van der Waals surface area contributed by atoms with Crippen molar-refractivity contribution >= 4 is 0 Å². The molecule has 0 aliphatic heterocycles. The molecule has 104 valence electrons. The molecule has 0 atom stereocenters. The van der Waals surface area contributed by atoms with Crippen LogP contribution in [0.2, 0.25) is 0 Å². The minimum Gasteiger partial charge on any atom is -0.315 e. The quantitative estimate of drug-likeness (QED) is 0.794. The van der Waals surface area contributed by atoms with Crippen LogP contribution in [0.25, 0.3) is 0 Å². The molecular formula is C17H16N4. The summed E-state index contributed by atoms with van der Waals surface area (Å²) in [6.45, 7) is 0. The van der Waals surface area contributed by atoms with Crippen LogP contribution in [0.1, 0.15) is 17.0 Å². The Bertz CT molecular complexity index is 644. The minimum absolute atomic E-state index is 0.592. The van der Waals surface area contributed by atoms with Gasteiger partial charge in [0.05, 0.1) is 11.4 Å². The molecule has 0 aliphatic carbocycles. The predicted octanol–water partition coefficient (Wildman–Crippen LogP) is 2.32. The fourth-order valence-electron chi connectivity index (χ4n) is 2.39. The van der Waals surface area contributed by atoms with E-state index in [4.69, 9.17) is 5.73 Å². The lowest BCUT2D eigenvalue weighted by atomic mass is 9.85. The molecule has 3 rings (SSSR count). The molecule has 3 heterocycles.